The molecule has 20 heavy (non-hydrogen) atoms. The molecule has 1 atom stereocenters. The van der Waals surface area contributed by atoms with Crippen LogP contribution in [-0.2, 0) is 0 Å². The summed E-state index contributed by atoms with van der Waals surface area (Å²) >= 11 is 1.51. The van der Waals surface area contributed by atoms with Crippen LogP contribution >= 0.6 is 11.3 Å². The Balaban J connectivity index is 1.71. The first-order valence-electron chi connectivity index (χ1n) is 6.41. The summed E-state index contributed by atoms with van der Waals surface area (Å²) in [5.41, 5.74) is 1.74. The van der Waals surface area contributed by atoms with E-state index in [4.69, 9.17) is 0 Å². The normalized spacial score (nSPS) is 19.9. The fourth-order valence-corrected chi connectivity index (χ4v) is 3.21. The quantitative estimate of drug-likeness (QED) is 0.848. The molecule has 106 valence electrons. The molecule has 0 saturated carbocycles. The minimum absolute atomic E-state index is 0.0523. The maximum atomic E-state index is 12.6. The van der Waals surface area contributed by atoms with Crippen molar-refractivity contribution in [3.63, 3.8) is 0 Å². The van der Waals surface area contributed by atoms with Gasteiger partial charge >= 0.3 is 6.18 Å². The summed E-state index contributed by atoms with van der Waals surface area (Å²) in [6.07, 6.45) is -1.82. The molecule has 3 rings (SSSR count). The Kier molecular flexibility index (Phi) is 3.41. The van der Waals surface area contributed by atoms with E-state index < -0.39 is 12.1 Å². The fraction of sp³-hybridized carbons (Fsp3) is 0.357. The molecular formula is C14H13F3N2S. The summed E-state index contributed by atoms with van der Waals surface area (Å²) in [4.78, 5) is 4.42. The number of halogens is 3. The van der Waals surface area contributed by atoms with E-state index in [2.05, 4.69) is 10.3 Å². The first-order chi connectivity index (χ1) is 9.52. The zero-order chi connectivity index (χ0) is 14.2. The number of alkyl halides is 3. The summed E-state index contributed by atoms with van der Waals surface area (Å²) in [6.45, 7) is 0. The number of allylic oxidation sites excluding steroid dienone is 2. The third-order valence-corrected chi connectivity index (χ3v) is 4.39. The van der Waals surface area contributed by atoms with Crippen LogP contribution in [0.4, 0.5) is 18.3 Å². The van der Waals surface area contributed by atoms with Gasteiger partial charge in [-0.25, -0.2) is 4.98 Å². The smallest absolute Gasteiger partial charge is 0.336 e. The van der Waals surface area contributed by atoms with Crippen LogP contribution in [0.25, 0.3) is 10.2 Å². The third kappa shape index (κ3) is 2.80. The number of thiazole rings is 1. The second kappa shape index (κ2) is 5.09. The molecule has 0 aliphatic heterocycles. The molecule has 0 spiro atoms. The molecule has 1 aliphatic carbocycles. The maximum absolute atomic E-state index is 12.6. The van der Waals surface area contributed by atoms with E-state index in [1.807, 2.05) is 24.3 Å². The number of para-hydroxylation sites is 1. The van der Waals surface area contributed by atoms with Gasteiger partial charge in [0, 0.05) is 5.70 Å². The molecule has 2 aromatic rings. The lowest BCUT2D eigenvalue weighted by atomic mass is 9.92. The van der Waals surface area contributed by atoms with Crippen molar-refractivity contribution in [2.75, 3.05) is 5.32 Å². The summed E-state index contributed by atoms with van der Waals surface area (Å²) in [7, 11) is 0. The predicted octanol–water partition coefficient (Wildman–Crippen LogP) is 4.95. The van der Waals surface area contributed by atoms with Crippen molar-refractivity contribution in [2.45, 2.75) is 25.4 Å². The van der Waals surface area contributed by atoms with Gasteiger partial charge in [-0.3, -0.25) is 0 Å². The zero-order valence-electron chi connectivity index (χ0n) is 10.6. The molecule has 0 saturated heterocycles. The van der Waals surface area contributed by atoms with Crippen LogP contribution in [0.2, 0.25) is 0 Å². The lowest BCUT2D eigenvalue weighted by Gasteiger charge is -2.24. The number of hydrogen-bond acceptors (Lipinski definition) is 3. The Morgan fingerprint density at radius 2 is 2.05 bits per heavy atom. The van der Waals surface area contributed by atoms with Crippen molar-refractivity contribution < 1.29 is 13.2 Å². The van der Waals surface area contributed by atoms with Crippen LogP contribution in [0.1, 0.15) is 19.3 Å². The molecule has 1 unspecified atom stereocenters. The number of hydrogen-bond donors (Lipinski definition) is 1. The summed E-state index contributed by atoms with van der Waals surface area (Å²) in [5, 5.41) is 3.88. The Morgan fingerprint density at radius 3 is 2.70 bits per heavy atom. The van der Waals surface area contributed by atoms with Crippen LogP contribution in [0, 0.1) is 5.92 Å². The molecule has 0 fully saturated rings. The van der Waals surface area contributed by atoms with Crippen molar-refractivity contribution in [1.29, 1.82) is 0 Å². The molecule has 1 aromatic carbocycles. The lowest BCUT2D eigenvalue weighted by molar-refractivity contribution is -0.176. The number of aromatic nitrogens is 1. The number of rotatable bonds is 2. The van der Waals surface area contributed by atoms with Crippen molar-refractivity contribution in [2.24, 2.45) is 5.92 Å². The molecule has 1 aromatic heterocycles. The van der Waals surface area contributed by atoms with Gasteiger partial charge in [-0.15, -0.1) is 0 Å². The van der Waals surface area contributed by atoms with Gasteiger partial charge in [-0.2, -0.15) is 13.2 Å². The SMILES string of the molecule is FC(F)(F)C1CC=C(Nc2nc3ccccc3s2)CC1. The van der Waals surface area contributed by atoms with E-state index in [9.17, 15) is 13.2 Å². The van der Waals surface area contributed by atoms with Gasteiger partial charge in [-0.1, -0.05) is 29.5 Å². The Morgan fingerprint density at radius 1 is 1.25 bits per heavy atom. The molecule has 0 bridgehead atoms. The highest BCUT2D eigenvalue weighted by Gasteiger charge is 2.39. The summed E-state index contributed by atoms with van der Waals surface area (Å²) in [5.74, 6) is -1.21. The third-order valence-electron chi connectivity index (χ3n) is 3.44. The second-order valence-electron chi connectivity index (χ2n) is 4.85. The number of anilines is 1. The van der Waals surface area contributed by atoms with Crippen LogP contribution in [0.15, 0.2) is 36.0 Å². The largest absolute Gasteiger partial charge is 0.392 e. The van der Waals surface area contributed by atoms with E-state index in [-0.39, 0.29) is 12.8 Å². The Labute approximate surface area is 118 Å². The average molecular weight is 298 g/mol. The minimum atomic E-state index is -4.09. The number of benzene rings is 1. The number of nitrogens with zero attached hydrogens (tertiary/aromatic N) is 1. The van der Waals surface area contributed by atoms with Crippen molar-refractivity contribution in [3.05, 3.63) is 36.0 Å². The van der Waals surface area contributed by atoms with Gasteiger partial charge in [0.25, 0.3) is 0 Å². The van der Waals surface area contributed by atoms with Gasteiger partial charge in [0.05, 0.1) is 16.1 Å². The molecule has 0 amide bonds. The van der Waals surface area contributed by atoms with Gasteiger partial charge < -0.3 is 5.32 Å². The van der Waals surface area contributed by atoms with E-state index in [1.54, 1.807) is 6.08 Å². The standard InChI is InChI=1S/C14H13F3N2S/c15-14(16,17)9-5-7-10(8-6-9)18-13-19-11-3-1-2-4-12(11)20-13/h1-4,7,9H,5-6,8H2,(H,18,19). The van der Waals surface area contributed by atoms with Crippen molar-refractivity contribution in [3.8, 4) is 0 Å². The van der Waals surface area contributed by atoms with Crippen LogP contribution < -0.4 is 5.32 Å². The number of nitrogens with one attached hydrogen (secondary N) is 1. The monoisotopic (exact) mass is 298 g/mol. The van der Waals surface area contributed by atoms with E-state index >= 15 is 0 Å². The van der Waals surface area contributed by atoms with Gasteiger partial charge in [0.15, 0.2) is 5.13 Å². The first kappa shape index (κ1) is 13.4. The molecule has 1 aliphatic rings. The second-order valence-corrected chi connectivity index (χ2v) is 5.88. The highest BCUT2D eigenvalue weighted by Crippen LogP contribution is 2.37. The van der Waals surface area contributed by atoms with E-state index in [0.29, 0.717) is 6.42 Å². The average Bonchev–Trinajstić information content (AvgIpc) is 2.80. The van der Waals surface area contributed by atoms with Crippen LogP contribution in [0.5, 0.6) is 0 Å². The van der Waals surface area contributed by atoms with E-state index in [1.165, 1.54) is 11.3 Å². The van der Waals surface area contributed by atoms with Crippen LogP contribution in [-0.4, -0.2) is 11.2 Å². The van der Waals surface area contributed by atoms with Gasteiger partial charge in [-0.05, 0) is 31.4 Å². The Bertz CT molecular complexity index is 612. The van der Waals surface area contributed by atoms with Crippen molar-refractivity contribution >= 4 is 26.7 Å². The molecule has 1 N–H and O–H groups in total. The first-order valence-corrected chi connectivity index (χ1v) is 7.22. The highest BCUT2D eigenvalue weighted by molar-refractivity contribution is 7.22. The molecule has 2 nitrogen and oxygen atoms in total. The highest BCUT2D eigenvalue weighted by atomic mass is 32.1. The topological polar surface area (TPSA) is 24.9 Å². The summed E-state index contributed by atoms with van der Waals surface area (Å²) in [6, 6.07) is 7.76. The van der Waals surface area contributed by atoms with Crippen molar-refractivity contribution in [1.82, 2.24) is 4.98 Å². The van der Waals surface area contributed by atoms with E-state index in [0.717, 1.165) is 21.0 Å². The molecule has 6 heteroatoms. The predicted molar refractivity (Wildman–Crippen MR) is 74.7 cm³/mol. The van der Waals surface area contributed by atoms with Gasteiger partial charge in [0.2, 0.25) is 0 Å². The number of fused-ring (bicyclic) bond motifs is 1. The minimum Gasteiger partial charge on any atom is -0.336 e. The molecule has 0 radical (unpaired) electrons. The summed E-state index contributed by atoms with van der Waals surface area (Å²) < 4.78 is 38.8. The lowest BCUT2D eigenvalue weighted by Crippen LogP contribution is -2.25. The Hall–Kier alpha value is -1.56. The van der Waals surface area contributed by atoms with Gasteiger partial charge in [0.1, 0.15) is 0 Å². The zero-order valence-corrected chi connectivity index (χ0v) is 11.4. The maximum Gasteiger partial charge on any atom is 0.392 e. The molecule has 1 heterocycles. The fourth-order valence-electron chi connectivity index (χ4n) is 2.31. The van der Waals surface area contributed by atoms with Crippen LogP contribution in [0.3, 0.4) is 0 Å². The molecular weight excluding hydrogens is 285 g/mol.